The fourth-order valence-electron chi connectivity index (χ4n) is 3.40. The Labute approximate surface area is 126 Å². The van der Waals surface area contributed by atoms with Crippen LogP contribution in [0.4, 0.5) is 0 Å². The molecule has 1 aromatic heterocycles. The third-order valence-corrected chi connectivity index (χ3v) is 5.19. The molecule has 1 aliphatic rings. The predicted octanol–water partition coefficient (Wildman–Crippen LogP) is 4.07. The third kappa shape index (κ3) is 3.13. The van der Waals surface area contributed by atoms with Gasteiger partial charge in [-0.05, 0) is 71.7 Å². The lowest BCUT2D eigenvalue weighted by Gasteiger charge is -2.32. The molecule has 2 atom stereocenters. The highest BCUT2D eigenvalue weighted by molar-refractivity contribution is 7.07. The molecule has 20 heavy (non-hydrogen) atoms. The fourth-order valence-corrected chi connectivity index (χ4v) is 4.08. The smallest absolute Gasteiger partial charge is 0.0139 e. The van der Waals surface area contributed by atoms with Gasteiger partial charge in [0.1, 0.15) is 0 Å². The summed E-state index contributed by atoms with van der Waals surface area (Å²) in [5.41, 5.74) is 4.62. The molecule has 0 spiro atoms. The lowest BCUT2D eigenvalue weighted by atomic mass is 9.78. The third-order valence-electron chi connectivity index (χ3n) is 4.46. The molecule has 0 radical (unpaired) electrons. The van der Waals surface area contributed by atoms with E-state index in [1.807, 2.05) is 11.3 Å². The maximum absolute atomic E-state index is 3.73. The number of likely N-dealkylation sites (N-methyl/N-ethyl adjacent to an activating group) is 1. The number of benzene rings is 1. The average Bonchev–Trinajstić information content (AvgIpc) is 2.99. The van der Waals surface area contributed by atoms with Gasteiger partial charge in [-0.3, -0.25) is 0 Å². The molecule has 0 saturated carbocycles. The zero-order valence-corrected chi connectivity index (χ0v) is 13.0. The molecule has 2 aromatic rings. The summed E-state index contributed by atoms with van der Waals surface area (Å²) in [5.74, 6) is 0.768. The minimum atomic E-state index is 0.614. The molecule has 1 N–H and O–H groups in total. The minimum absolute atomic E-state index is 0.614. The van der Waals surface area contributed by atoms with E-state index in [9.17, 15) is 0 Å². The summed E-state index contributed by atoms with van der Waals surface area (Å²) in [6.45, 7) is 3.28. The van der Waals surface area contributed by atoms with Gasteiger partial charge in [-0.2, -0.15) is 11.3 Å². The number of fused-ring (bicyclic) bond motifs is 1. The van der Waals surface area contributed by atoms with Gasteiger partial charge in [0.15, 0.2) is 0 Å². The summed E-state index contributed by atoms with van der Waals surface area (Å²) >= 11 is 1.81. The van der Waals surface area contributed by atoms with Crippen LogP contribution < -0.4 is 5.32 Å². The Morgan fingerprint density at radius 1 is 1.25 bits per heavy atom. The first-order chi connectivity index (χ1) is 9.86. The first-order valence-electron chi connectivity index (χ1n) is 7.68. The van der Waals surface area contributed by atoms with Gasteiger partial charge in [0.2, 0.25) is 0 Å². The van der Waals surface area contributed by atoms with Crippen molar-refractivity contribution in [3.8, 4) is 0 Å². The zero-order valence-electron chi connectivity index (χ0n) is 12.1. The van der Waals surface area contributed by atoms with Gasteiger partial charge >= 0.3 is 0 Å². The molecule has 3 rings (SSSR count). The highest BCUT2D eigenvalue weighted by atomic mass is 32.1. The summed E-state index contributed by atoms with van der Waals surface area (Å²) in [4.78, 5) is 0. The Kier molecular flexibility index (Phi) is 4.54. The lowest BCUT2D eigenvalue weighted by Crippen LogP contribution is -2.40. The SMILES string of the molecule is CCNC(Cc1ccsc1)C1CCc2ccccc2C1. The van der Waals surface area contributed by atoms with Crippen molar-refractivity contribution in [1.29, 1.82) is 0 Å². The first-order valence-corrected chi connectivity index (χ1v) is 8.62. The van der Waals surface area contributed by atoms with Crippen molar-refractivity contribution >= 4 is 11.3 Å². The Hall–Kier alpha value is -1.12. The molecule has 2 heteroatoms. The number of aryl methyl sites for hydroxylation is 1. The molecule has 106 valence electrons. The summed E-state index contributed by atoms with van der Waals surface area (Å²) in [6, 6.07) is 11.9. The maximum Gasteiger partial charge on any atom is 0.0139 e. The molecular formula is C18H23NS. The van der Waals surface area contributed by atoms with E-state index in [4.69, 9.17) is 0 Å². The van der Waals surface area contributed by atoms with E-state index in [1.165, 1.54) is 31.2 Å². The maximum atomic E-state index is 3.73. The Morgan fingerprint density at radius 3 is 2.85 bits per heavy atom. The molecule has 2 unspecified atom stereocenters. The van der Waals surface area contributed by atoms with Crippen LogP contribution in [0.2, 0.25) is 0 Å². The Balaban J connectivity index is 1.72. The normalized spacial score (nSPS) is 19.6. The molecule has 0 saturated heterocycles. The number of rotatable bonds is 5. The topological polar surface area (TPSA) is 12.0 Å². The monoisotopic (exact) mass is 285 g/mol. The van der Waals surface area contributed by atoms with Crippen LogP contribution in [0.15, 0.2) is 41.1 Å². The van der Waals surface area contributed by atoms with Crippen molar-refractivity contribution in [2.24, 2.45) is 5.92 Å². The predicted molar refractivity (Wildman–Crippen MR) is 87.4 cm³/mol. The highest BCUT2D eigenvalue weighted by Crippen LogP contribution is 2.29. The van der Waals surface area contributed by atoms with Crippen LogP contribution >= 0.6 is 11.3 Å². The molecule has 1 heterocycles. The van der Waals surface area contributed by atoms with Crippen molar-refractivity contribution in [2.45, 2.75) is 38.6 Å². The summed E-state index contributed by atoms with van der Waals surface area (Å²) in [7, 11) is 0. The first kappa shape index (κ1) is 13.8. The number of hydrogen-bond acceptors (Lipinski definition) is 2. The van der Waals surface area contributed by atoms with E-state index < -0.39 is 0 Å². The van der Waals surface area contributed by atoms with Gasteiger partial charge in [0, 0.05) is 6.04 Å². The van der Waals surface area contributed by atoms with Crippen LogP contribution in [0.3, 0.4) is 0 Å². The van der Waals surface area contributed by atoms with E-state index in [0.29, 0.717) is 6.04 Å². The molecular weight excluding hydrogens is 262 g/mol. The Bertz CT molecular complexity index is 532. The van der Waals surface area contributed by atoms with Gasteiger partial charge in [-0.1, -0.05) is 31.2 Å². The summed E-state index contributed by atoms with van der Waals surface area (Å²) < 4.78 is 0. The second-order valence-electron chi connectivity index (χ2n) is 5.77. The van der Waals surface area contributed by atoms with Crippen LogP contribution in [0.1, 0.15) is 30.0 Å². The molecule has 0 fully saturated rings. The van der Waals surface area contributed by atoms with Crippen LogP contribution in [-0.2, 0) is 19.3 Å². The van der Waals surface area contributed by atoms with E-state index >= 15 is 0 Å². The van der Waals surface area contributed by atoms with Crippen LogP contribution in [0.25, 0.3) is 0 Å². The van der Waals surface area contributed by atoms with E-state index in [0.717, 1.165) is 12.5 Å². The molecule has 1 aromatic carbocycles. The second-order valence-corrected chi connectivity index (χ2v) is 6.55. The van der Waals surface area contributed by atoms with E-state index in [1.54, 1.807) is 11.1 Å². The van der Waals surface area contributed by atoms with Crippen LogP contribution in [0.5, 0.6) is 0 Å². The van der Waals surface area contributed by atoms with Gasteiger partial charge in [0.05, 0.1) is 0 Å². The van der Waals surface area contributed by atoms with Gasteiger partial charge in [-0.25, -0.2) is 0 Å². The van der Waals surface area contributed by atoms with Crippen molar-refractivity contribution in [3.05, 3.63) is 57.8 Å². The molecule has 1 nitrogen and oxygen atoms in total. The molecule has 0 aliphatic heterocycles. The van der Waals surface area contributed by atoms with Crippen molar-refractivity contribution in [2.75, 3.05) is 6.54 Å². The lowest BCUT2D eigenvalue weighted by molar-refractivity contribution is 0.322. The summed E-state index contributed by atoms with van der Waals surface area (Å²) in [5, 5.41) is 8.21. The van der Waals surface area contributed by atoms with Gasteiger partial charge in [0.25, 0.3) is 0 Å². The van der Waals surface area contributed by atoms with Gasteiger partial charge < -0.3 is 5.32 Å². The van der Waals surface area contributed by atoms with E-state index in [-0.39, 0.29) is 0 Å². The van der Waals surface area contributed by atoms with Crippen molar-refractivity contribution in [3.63, 3.8) is 0 Å². The average molecular weight is 285 g/mol. The minimum Gasteiger partial charge on any atom is -0.314 e. The second kappa shape index (κ2) is 6.55. The largest absolute Gasteiger partial charge is 0.314 e. The van der Waals surface area contributed by atoms with Crippen molar-refractivity contribution < 1.29 is 0 Å². The quantitative estimate of drug-likeness (QED) is 0.873. The number of hydrogen-bond donors (Lipinski definition) is 1. The number of nitrogens with one attached hydrogen (secondary N) is 1. The standard InChI is InChI=1S/C18H23NS/c1-2-19-18(11-14-9-10-20-13-14)17-8-7-15-5-3-4-6-16(15)12-17/h3-6,9-10,13,17-19H,2,7-8,11-12H2,1H3. The molecule has 0 amide bonds. The number of thiophene rings is 1. The van der Waals surface area contributed by atoms with Gasteiger partial charge in [-0.15, -0.1) is 0 Å². The molecule has 1 aliphatic carbocycles. The Morgan fingerprint density at radius 2 is 2.10 bits per heavy atom. The van der Waals surface area contributed by atoms with Crippen LogP contribution in [0, 0.1) is 5.92 Å². The van der Waals surface area contributed by atoms with Crippen LogP contribution in [-0.4, -0.2) is 12.6 Å². The highest BCUT2D eigenvalue weighted by Gasteiger charge is 2.25. The van der Waals surface area contributed by atoms with E-state index in [2.05, 4.69) is 53.3 Å². The fraction of sp³-hybridized carbons (Fsp3) is 0.444. The zero-order chi connectivity index (χ0) is 13.8. The van der Waals surface area contributed by atoms with Crippen molar-refractivity contribution in [1.82, 2.24) is 5.32 Å². The summed E-state index contributed by atoms with van der Waals surface area (Å²) in [6.07, 6.45) is 4.97. The molecule has 0 bridgehead atoms.